The molecule has 7 nitrogen and oxygen atoms in total. The summed E-state index contributed by atoms with van der Waals surface area (Å²) in [6.07, 6.45) is 2.85. The van der Waals surface area contributed by atoms with Gasteiger partial charge in [-0.2, -0.15) is 0 Å². The molecule has 9 heteroatoms. The van der Waals surface area contributed by atoms with Crippen LogP contribution in [0.3, 0.4) is 0 Å². The molecule has 0 bridgehead atoms. The third-order valence-electron chi connectivity index (χ3n) is 5.12. The maximum Gasteiger partial charge on any atom is 0.335 e. The van der Waals surface area contributed by atoms with Crippen molar-refractivity contribution in [2.45, 2.75) is 6.61 Å². The van der Waals surface area contributed by atoms with Gasteiger partial charge in [-0.3, -0.25) is 14.9 Å². The average molecular weight is 523 g/mol. The fourth-order valence-electron chi connectivity index (χ4n) is 3.43. The van der Waals surface area contributed by atoms with E-state index in [1.165, 1.54) is 18.2 Å². The van der Waals surface area contributed by atoms with E-state index in [1.807, 2.05) is 30.3 Å². The Bertz CT molecular complexity index is 1330. The van der Waals surface area contributed by atoms with Crippen LogP contribution < -0.4 is 19.7 Å². The van der Waals surface area contributed by atoms with Gasteiger partial charge in [-0.05, 0) is 53.6 Å². The molecule has 3 aromatic carbocycles. The van der Waals surface area contributed by atoms with Gasteiger partial charge in [-0.1, -0.05) is 66.2 Å². The number of nitrogens with one attached hydrogen (secondary N) is 1. The van der Waals surface area contributed by atoms with E-state index >= 15 is 0 Å². The van der Waals surface area contributed by atoms with E-state index in [1.54, 1.807) is 30.3 Å². The van der Waals surface area contributed by atoms with E-state index in [4.69, 9.17) is 32.7 Å². The van der Waals surface area contributed by atoms with Crippen LogP contribution in [0, 0.1) is 0 Å². The first-order valence-electron chi connectivity index (χ1n) is 10.8. The molecule has 0 spiro atoms. The molecular weight excluding hydrogens is 503 g/mol. The van der Waals surface area contributed by atoms with Crippen molar-refractivity contribution in [1.29, 1.82) is 0 Å². The Labute approximate surface area is 217 Å². The minimum Gasteiger partial charge on any atom is -0.489 e. The SMILES string of the molecule is C=CCOc1c(Cl)cc(/C=C2\C(=O)NC(=O)N(c3ccc(OCc4ccccc4)cc3)C2=O)cc1Cl. The number of rotatable bonds is 8. The molecule has 0 unspecified atom stereocenters. The number of carbonyl (C=O) groups excluding carboxylic acids is 3. The maximum atomic E-state index is 13.2. The molecule has 1 N–H and O–H groups in total. The van der Waals surface area contributed by atoms with Crippen LogP contribution in [0.4, 0.5) is 10.5 Å². The Morgan fingerprint density at radius 1 is 0.917 bits per heavy atom. The van der Waals surface area contributed by atoms with Crippen molar-refractivity contribution < 1.29 is 23.9 Å². The molecule has 4 rings (SSSR count). The summed E-state index contributed by atoms with van der Waals surface area (Å²) >= 11 is 12.5. The van der Waals surface area contributed by atoms with Crippen molar-refractivity contribution in [2.24, 2.45) is 0 Å². The monoisotopic (exact) mass is 522 g/mol. The summed E-state index contributed by atoms with van der Waals surface area (Å²) < 4.78 is 11.2. The Morgan fingerprint density at radius 3 is 2.22 bits per heavy atom. The third kappa shape index (κ3) is 5.59. The summed E-state index contributed by atoms with van der Waals surface area (Å²) in [6.45, 7) is 4.14. The molecule has 36 heavy (non-hydrogen) atoms. The zero-order chi connectivity index (χ0) is 25.7. The molecule has 1 saturated heterocycles. The van der Waals surface area contributed by atoms with Crippen molar-refractivity contribution in [3.63, 3.8) is 0 Å². The van der Waals surface area contributed by atoms with Crippen molar-refractivity contribution >= 4 is 52.8 Å². The lowest BCUT2D eigenvalue weighted by Gasteiger charge is -2.26. The molecule has 1 aliphatic rings. The quantitative estimate of drug-likeness (QED) is 0.229. The van der Waals surface area contributed by atoms with Crippen LogP contribution in [-0.4, -0.2) is 24.5 Å². The Kier molecular flexibility index (Phi) is 7.73. The van der Waals surface area contributed by atoms with Crippen LogP contribution in [0.25, 0.3) is 6.08 Å². The highest BCUT2D eigenvalue weighted by Gasteiger charge is 2.36. The average Bonchev–Trinajstić information content (AvgIpc) is 2.86. The first-order chi connectivity index (χ1) is 17.4. The van der Waals surface area contributed by atoms with Gasteiger partial charge in [0.05, 0.1) is 15.7 Å². The van der Waals surface area contributed by atoms with E-state index in [0.717, 1.165) is 10.5 Å². The highest BCUT2D eigenvalue weighted by Crippen LogP contribution is 2.35. The fourth-order valence-corrected chi connectivity index (χ4v) is 4.05. The second-order valence-electron chi connectivity index (χ2n) is 7.64. The molecule has 182 valence electrons. The van der Waals surface area contributed by atoms with Crippen LogP contribution in [0.15, 0.2) is 85.0 Å². The van der Waals surface area contributed by atoms with E-state index in [0.29, 0.717) is 17.9 Å². The summed E-state index contributed by atoms with van der Waals surface area (Å²) in [6, 6.07) is 18.2. The molecule has 1 heterocycles. The van der Waals surface area contributed by atoms with Gasteiger partial charge >= 0.3 is 6.03 Å². The van der Waals surface area contributed by atoms with E-state index < -0.39 is 17.8 Å². The second kappa shape index (κ2) is 11.1. The number of ether oxygens (including phenoxy) is 2. The number of benzene rings is 3. The summed E-state index contributed by atoms with van der Waals surface area (Å²) in [7, 11) is 0. The number of halogens is 2. The molecule has 0 aliphatic carbocycles. The van der Waals surface area contributed by atoms with Gasteiger partial charge in [0.15, 0.2) is 5.75 Å². The van der Waals surface area contributed by atoms with Crippen LogP contribution in [0.1, 0.15) is 11.1 Å². The number of anilines is 1. The summed E-state index contributed by atoms with van der Waals surface area (Å²) in [5.74, 6) is -0.808. The molecule has 0 aromatic heterocycles. The van der Waals surface area contributed by atoms with Crippen molar-refractivity contribution in [1.82, 2.24) is 5.32 Å². The van der Waals surface area contributed by atoms with Gasteiger partial charge in [0.25, 0.3) is 11.8 Å². The number of imide groups is 2. The molecule has 0 radical (unpaired) electrons. The topological polar surface area (TPSA) is 84.9 Å². The number of carbonyl (C=O) groups is 3. The zero-order valence-corrected chi connectivity index (χ0v) is 20.4. The highest BCUT2D eigenvalue weighted by atomic mass is 35.5. The van der Waals surface area contributed by atoms with Gasteiger partial charge in [0.1, 0.15) is 24.5 Å². The largest absolute Gasteiger partial charge is 0.489 e. The minimum atomic E-state index is -0.857. The molecule has 4 amide bonds. The van der Waals surface area contributed by atoms with Crippen LogP contribution in [0.5, 0.6) is 11.5 Å². The van der Waals surface area contributed by atoms with Crippen molar-refractivity contribution in [3.8, 4) is 11.5 Å². The predicted molar refractivity (Wildman–Crippen MR) is 138 cm³/mol. The standard InChI is InChI=1S/C27H20Cl2N2O5/c1-2-12-35-24-22(28)14-18(15-23(24)29)13-21-25(32)30-27(34)31(26(21)33)19-8-10-20(11-9-19)36-16-17-6-4-3-5-7-17/h2-11,13-15H,1,12,16H2,(H,30,32,34)/b21-13+. The van der Waals surface area contributed by atoms with Crippen LogP contribution >= 0.6 is 23.2 Å². The number of nitrogens with zero attached hydrogens (tertiary/aromatic N) is 1. The number of urea groups is 1. The predicted octanol–water partition coefficient (Wildman–Crippen LogP) is 5.80. The summed E-state index contributed by atoms with van der Waals surface area (Å²) in [4.78, 5) is 39.0. The van der Waals surface area contributed by atoms with Gasteiger partial charge in [0.2, 0.25) is 0 Å². The Morgan fingerprint density at radius 2 is 1.58 bits per heavy atom. The first-order valence-corrected chi connectivity index (χ1v) is 11.5. The molecule has 0 atom stereocenters. The fraction of sp³-hybridized carbons (Fsp3) is 0.0741. The third-order valence-corrected chi connectivity index (χ3v) is 5.68. The van der Waals surface area contributed by atoms with Crippen molar-refractivity contribution in [2.75, 3.05) is 11.5 Å². The summed E-state index contributed by atoms with van der Waals surface area (Å²) in [5, 5.41) is 2.57. The number of hydrogen-bond donors (Lipinski definition) is 1. The smallest absolute Gasteiger partial charge is 0.335 e. The lowest BCUT2D eigenvalue weighted by Crippen LogP contribution is -2.54. The van der Waals surface area contributed by atoms with Gasteiger partial charge in [-0.15, -0.1) is 0 Å². The molecule has 1 aliphatic heterocycles. The van der Waals surface area contributed by atoms with Crippen molar-refractivity contribution in [3.05, 3.63) is 106 Å². The molecule has 3 aromatic rings. The number of hydrogen-bond acceptors (Lipinski definition) is 5. The lowest BCUT2D eigenvalue weighted by molar-refractivity contribution is -0.122. The van der Waals surface area contributed by atoms with Crippen LogP contribution in [0.2, 0.25) is 10.0 Å². The van der Waals surface area contributed by atoms with E-state index in [9.17, 15) is 14.4 Å². The van der Waals surface area contributed by atoms with E-state index in [2.05, 4.69) is 11.9 Å². The second-order valence-corrected chi connectivity index (χ2v) is 8.45. The maximum absolute atomic E-state index is 13.2. The lowest BCUT2D eigenvalue weighted by atomic mass is 10.1. The first kappa shape index (κ1) is 25.0. The Balaban J connectivity index is 1.55. The van der Waals surface area contributed by atoms with Gasteiger partial charge < -0.3 is 9.47 Å². The van der Waals surface area contributed by atoms with Crippen LogP contribution in [-0.2, 0) is 16.2 Å². The summed E-state index contributed by atoms with van der Waals surface area (Å²) in [5.41, 5.74) is 1.40. The highest BCUT2D eigenvalue weighted by molar-refractivity contribution is 6.40. The number of amides is 4. The normalized spacial score (nSPS) is 14.6. The zero-order valence-electron chi connectivity index (χ0n) is 18.9. The van der Waals surface area contributed by atoms with E-state index in [-0.39, 0.29) is 33.7 Å². The molecule has 1 fully saturated rings. The Hall–Kier alpha value is -4.07. The molecule has 0 saturated carbocycles. The minimum absolute atomic E-state index is 0.193. The van der Waals surface area contributed by atoms with Gasteiger partial charge in [-0.25, -0.2) is 9.69 Å². The molecular formula is C27H20Cl2N2O5. The van der Waals surface area contributed by atoms with Gasteiger partial charge in [0, 0.05) is 0 Å². The number of barbiturate groups is 1.